The van der Waals surface area contributed by atoms with Crippen molar-refractivity contribution in [2.24, 2.45) is 5.73 Å². The maximum absolute atomic E-state index is 14.6. The summed E-state index contributed by atoms with van der Waals surface area (Å²) in [4.78, 5) is 12.4. The molecule has 3 aromatic rings. The first-order valence-corrected chi connectivity index (χ1v) is 11.9. The molecule has 0 atom stereocenters. The van der Waals surface area contributed by atoms with Gasteiger partial charge in [-0.05, 0) is 66.4 Å². The van der Waals surface area contributed by atoms with E-state index in [0.29, 0.717) is 21.3 Å². The van der Waals surface area contributed by atoms with Gasteiger partial charge in [0.2, 0.25) is 0 Å². The van der Waals surface area contributed by atoms with Gasteiger partial charge in [0.25, 0.3) is 5.91 Å². The highest BCUT2D eigenvalue weighted by Gasteiger charge is 2.13. The predicted molar refractivity (Wildman–Crippen MR) is 137 cm³/mol. The Hall–Kier alpha value is -2.61. The highest BCUT2D eigenvalue weighted by Crippen LogP contribution is 2.30. The Bertz CT molecular complexity index is 1120. The van der Waals surface area contributed by atoms with Gasteiger partial charge < -0.3 is 16.4 Å². The van der Waals surface area contributed by atoms with Crippen LogP contribution in [0.2, 0.25) is 5.02 Å². The quantitative estimate of drug-likeness (QED) is 0.182. The van der Waals surface area contributed by atoms with E-state index in [0.717, 1.165) is 34.9 Å². The minimum atomic E-state index is -0.799. The number of primary amides is 1. The van der Waals surface area contributed by atoms with Gasteiger partial charge in [0.05, 0.1) is 10.6 Å². The summed E-state index contributed by atoms with van der Waals surface area (Å²) in [6, 6.07) is 17.4. The molecule has 32 heavy (non-hydrogen) atoms. The molecule has 0 saturated carbocycles. The fourth-order valence-electron chi connectivity index (χ4n) is 2.99. The molecule has 3 rings (SSSR count). The largest absolute Gasteiger partial charge is 0.366 e. The van der Waals surface area contributed by atoms with Crippen molar-refractivity contribution in [3.63, 3.8) is 0 Å². The lowest BCUT2D eigenvalue weighted by atomic mass is 10.0. The lowest BCUT2D eigenvalue weighted by Crippen LogP contribution is -2.19. The van der Waals surface area contributed by atoms with Gasteiger partial charge in [0.1, 0.15) is 5.82 Å². The van der Waals surface area contributed by atoms with E-state index in [2.05, 4.69) is 17.6 Å². The number of halogens is 2. The molecule has 0 spiro atoms. The van der Waals surface area contributed by atoms with E-state index in [4.69, 9.17) is 29.6 Å². The van der Waals surface area contributed by atoms with E-state index >= 15 is 0 Å². The molecule has 166 valence electrons. The Morgan fingerprint density at radius 2 is 1.78 bits per heavy atom. The van der Waals surface area contributed by atoms with Crippen LogP contribution in [0.1, 0.15) is 30.1 Å². The molecule has 8 heteroatoms. The number of thiocarbonyl (C=S) groups is 1. The summed E-state index contributed by atoms with van der Waals surface area (Å²) in [5, 5.41) is 7.30. The van der Waals surface area contributed by atoms with Crippen LogP contribution in [-0.4, -0.2) is 16.8 Å². The topological polar surface area (TPSA) is 67.2 Å². The van der Waals surface area contributed by atoms with Crippen LogP contribution in [0.4, 0.5) is 15.8 Å². The normalized spacial score (nSPS) is 10.6. The van der Waals surface area contributed by atoms with Gasteiger partial charge in [-0.1, -0.05) is 49.2 Å². The van der Waals surface area contributed by atoms with Crippen LogP contribution in [0.15, 0.2) is 65.6 Å². The lowest BCUT2D eigenvalue weighted by Gasteiger charge is -2.13. The van der Waals surface area contributed by atoms with Crippen LogP contribution < -0.4 is 16.4 Å². The van der Waals surface area contributed by atoms with E-state index in [9.17, 15) is 9.18 Å². The average molecular weight is 488 g/mol. The van der Waals surface area contributed by atoms with Crippen LogP contribution >= 0.6 is 35.6 Å². The highest BCUT2D eigenvalue weighted by molar-refractivity contribution is 7.99. The van der Waals surface area contributed by atoms with Gasteiger partial charge >= 0.3 is 0 Å². The Balaban J connectivity index is 1.64. The summed E-state index contributed by atoms with van der Waals surface area (Å²) in [6.07, 6.45) is 2.30. The number of nitrogens with one attached hydrogen (secondary N) is 2. The standard InChI is InChI=1S/C24H23ClFN3OS2/c1-2-3-13-32-21-12-11-17(14-20(21)25)29-24(31)28-16-9-7-15(8-10-16)18-5-4-6-19(22(18)26)23(27)30/h4-12,14H,2-3,13H2,1H3,(H2,27,30)(H2,28,29,31). The number of amides is 1. The van der Waals surface area contributed by atoms with Crippen LogP contribution in [0, 0.1) is 5.82 Å². The molecule has 0 aliphatic carbocycles. The molecular formula is C24H23ClFN3OS2. The molecule has 0 aromatic heterocycles. The third-order valence-corrected chi connectivity index (χ3v) is 6.45. The Morgan fingerprint density at radius 1 is 1.09 bits per heavy atom. The molecule has 3 aromatic carbocycles. The van der Waals surface area contributed by atoms with E-state index in [1.165, 1.54) is 6.07 Å². The molecule has 0 heterocycles. The van der Waals surface area contributed by atoms with Crippen molar-refractivity contribution in [3.8, 4) is 11.1 Å². The number of hydrogen-bond donors (Lipinski definition) is 3. The predicted octanol–water partition coefficient (Wildman–Crippen LogP) is 6.95. The molecule has 4 N–H and O–H groups in total. The van der Waals surface area contributed by atoms with Crippen molar-refractivity contribution in [3.05, 3.63) is 77.1 Å². The molecular weight excluding hydrogens is 465 g/mol. The number of nitrogens with two attached hydrogens (primary N) is 1. The molecule has 0 aliphatic rings. The number of benzene rings is 3. The molecule has 0 unspecified atom stereocenters. The van der Waals surface area contributed by atoms with Crippen LogP contribution in [-0.2, 0) is 0 Å². The number of thioether (sulfide) groups is 1. The third-order valence-electron chi connectivity index (χ3n) is 4.66. The number of carbonyl (C=O) groups is 1. The Morgan fingerprint density at radius 3 is 2.44 bits per heavy atom. The van der Waals surface area contributed by atoms with Crippen molar-refractivity contribution in [2.45, 2.75) is 24.7 Å². The summed E-state index contributed by atoms with van der Waals surface area (Å²) in [6.45, 7) is 2.16. The lowest BCUT2D eigenvalue weighted by molar-refractivity contribution is 0.0996. The summed E-state index contributed by atoms with van der Waals surface area (Å²) in [5.74, 6) is -0.395. The summed E-state index contributed by atoms with van der Waals surface area (Å²) in [5.41, 5.74) is 7.54. The zero-order valence-electron chi connectivity index (χ0n) is 17.5. The minimum Gasteiger partial charge on any atom is -0.366 e. The number of carbonyl (C=O) groups excluding carboxylic acids is 1. The molecule has 0 radical (unpaired) electrons. The minimum absolute atomic E-state index is 0.136. The van der Waals surface area contributed by atoms with E-state index in [1.807, 2.05) is 18.2 Å². The molecule has 0 aliphatic heterocycles. The molecule has 0 bridgehead atoms. The third kappa shape index (κ3) is 6.22. The highest BCUT2D eigenvalue weighted by atomic mass is 35.5. The van der Waals surface area contributed by atoms with E-state index < -0.39 is 11.7 Å². The van der Waals surface area contributed by atoms with Gasteiger partial charge in [-0.3, -0.25) is 4.79 Å². The van der Waals surface area contributed by atoms with Crippen LogP contribution in [0.5, 0.6) is 0 Å². The first kappa shape index (κ1) is 24.0. The van der Waals surface area contributed by atoms with E-state index in [1.54, 1.807) is 48.2 Å². The monoisotopic (exact) mass is 487 g/mol. The number of hydrogen-bond acceptors (Lipinski definition) is 3. The maximum atomic E-state index is 14.6. The van der Waals surface area contributed by atoms with Gasteiger partial charge in [-0.2, -0.15) is 0 Å². The van der Waals surface area contributed by atoms with Gasteiger partial charge in [0.15, 0.2) is 5.11 Å². The second-order valence-corrected chi connectivity index (χ2v) is 8.99. The van der Waals surface area contributed by atoms with Gasteiger partial charge in [-0.25, -0.2) is 4.39 Å². The van der Waals surface area contributed by atoms with Crippen LogP contribution in [0.25, 0.3) is 11.1 Å². The van der Waals surface area contributed by atoms with Crippen molar-refractivity contribution in [1.29, 1.82) is 0 Å². The summed E-state index contributed by atoms with van der Waals surface area (Å²) < 4.78 is 14.6. The fraction of sp³-hybridized carbons (Fsp3) is 0.167. The van der Waals surface area contributed by atoms with E-state index in [-0.39, 0.29) is 5.56 Å². The van der Waals surface area contributed by atoms with Crippen molar-refractivity contribution < 1.29 is 9.18 Å². The number of anilines is 2. The number of unbranched alkanes of at least 4 members (excludes halogenated alkanes) is 1. The summed E-state index contributed by atoms with van der Waals surface area (Å²) in [7, 11) is 0. The van der Waals surface area contributed by atoms with Crippen molar-refractivity contribution in [1.82, 2.24) is 0 Å². The van der Waals surface area contributed by atoms with Crippen molar-refractivity contribution >= 4 is 58.0 Å². The zero-order chi connectivity index (χ0) is 23.1. The fourth-order valence-corrected chi connectivity index (χ4v) is 4.59. The Kier molecular flexibility index (Phi) is 8.50. The first-order chi connectivity index (χ1) is 15.4. The molecule has 0 saturated heterocycles. The molecule has 4 nitrogen and oxygen atoms in total. The maximum Gasteiger partial charge on any atom is 0.251 e. The second kappa shape index (κ2) is 11.3. The van der Waals surface area contributed by atoms with Crippen molar-refractivity contribution in [2.75, 3.05) is 16.4 Å². The number of rotatable bonds is 8. The zero-order valence-corrected chi connectivity index (χ0v) is 19.8. The summed E-state index contributed by atoms with van der Waals surface area (Å²) >= 11 is 13.5. The van der Waals surface area contributed by atoms with Gasteiger partial charge in [-0.15, -0.1) is 11.8 Å². The molecule has 0 fully saturated rings. The van der Waals surface area contributed by atoms with Crippen LogP contribution in [0.3, 0.4) is 0 Å². The molecule has 1 amide bonds. The second-order valence-electron chi connectivity index (χ2n) is 7.04. The van der Waals surface area contributed by atoms with Gasteiger partial charge in [0, 0.05) is 21.8 Å². The SMILES string of the molecule is CCCCSc1ccc(NC(=S)Nc2ccc(-c3cccc(C(N)=O)c3F)cc2)cc1Cl. The first-order valence-electron chi connectivity index (χ1n) is 10.1. The Labute approximate surface area is 201 Å². The average Bonchev–Trinajstić information content (AvgIpc) is 2.76. The smallest absolute Gasteiger partial charge is 0.251 e.